The molecule has 2 rings (SSSR count). The van der Waals surface area contributed by atoms with Crippen molar-refractivity contribution < 1.29 is 9.53 Å². The van der Waals surface area contributed by atoms with E-state index in [1.807, 2.05) is 62.4 Å². The van der Waals surface area contributed by atoms with Crippen molar-refractivity contribution in [2.45, 2.75) is 26.8 Å². The number of ether oxygens (including phenoxy) is 1. The van der Waals surface area contributed by atoms with Crippen LogP contribution >= 0.6 is 0 Å². The number of hydrogen-bond acceptors (Lipinski definition) is 2. The first-order valence-corrected chi connectivity index (χ1v) is 7.22. The van der Waals surface area contributed by atoms with Crippen molar-refractivity contribution in [1.29, 1.82) is 0 Å². The zero-order chi connectivity index (χ0) is 15.1. The fourth-order valence-electron chi connectivity index (χ4n) is 2.12. The molecule has 0 atom stereocenters. The number of rotatable bonds is 6. The molecule has 0 saturated heterocycles. The van der Waals surface area contributed by atoms with Gasteiger partial charge in [-0.15, -0.1) is 0 Å². The molecule has 21 heavy (non-hydrogen) atoms. The van der Waals surface area contributed by atoms with Gasteiger partial charge in [-0.2, -0.15) is 0 Å². The highest BCUT2D eigenvalue weighted by Crippen LogP contribution is 2.12. The molecule has 1 amide bonds. The van der Waals surface area contributed by atoms with E-state index in [0.717, 1.165) is 16.9 Å². The Labute approximate surface area is 126 Å². The maximum Gasteiger partial charge on any atom is 0.224 e. The Hall–Kier alpha value is -2.29. The van der Waals surface area contributed by atoms with Crippen LogP contribution < -0.4 is 10.1 Å². The Kier molecular flexibility index (Phi) is 5.38. The quantitative estimate of drug-likeness (QED) is 0.883. The smallest absolute Gasteiger partial charge is 0.224 e. The van der Waals surface area contributed by atoms with Crippen LogP contribution in [0.1, 0.15) is 23.6 Å². The Morgan fingerprint density at radius 2 is 1.81 bits per heavy atom. The van der Waals surface area contributed by atoms with Gasteiger partial charge < -0.3 is 10.1 Å². The molecule has 2 aromatic rings. The summed E-state index contributed by atoms with van der Waals surface area (Å²) >= 11 is 0. The van der Waals surface area contributed by atoms with Gasteiger partial charge in [-0.3, -0.25) is 4.79 Å². The molecule has 0 heterocycles. The van der Waals surface area contributed by atoms with Crippen LogP contribution in [0.15, 0.2) is 48.5 Å². The lowest BCUT2D eigenvalue weighted by molar-refractivity contribution is -0.120. The molecule has 2 aromatic carbocycles. The lowest BCUT2D eigenvalue weighted by Gasteiger charge is -2.08. The summed E-state index contributed by atoms with van der Waals surface area (Å²) in [5.41, 5.74) is 3.33. The Morgan fingerprint density at radius 1 is 1.10 bits per heavy atom. The molecule has 0 radical (unpaired) electrons. The summed E-state index contributed by atoms with van der Waals surface area (Å²) in [5.74, 6) is 0.865. The molecule has 0 saturated carbocycles. The lowest BCUT2D eigenvalue weighted by atomic mass is 10.1. The van der Waals surface area contributed by atoms with Gasteiger partial charge in [0, 0.05) is 6.54 Å². The van der Waals surface area contributed by atoms with Gasteiger partial charge >= 0.3 is 0 Å². The average Bonchev–Trinajstić information content (AvgIpc) is 2.49. The number of aryl methyl sites for hydroxylation is 1. The number of amides is 1. The Bertz CT molecular complexity index is 590. The second-order valence-corrected chi connectivity index (χ2v) is 4.96. The van der Waals surface area contributed by atoms with Gasteiger partial charge in [0.2, 0.25) is 5.91 Å². The third kappa shape index (κ3) is 4.63. The van der Waals surface area contributed by atoms with E-state index >= 15 is 0 Å². The molecule has 0 spiro atoms. The number of carbonyl (C=O) groups is 1. The maximum atomic E-state index is 12.0. The standard InChI is InChI=1S/C18H21NO2/c1-3-21-17-10-8-15(9-11-17)12-18(20)19-13-16-7-5-4-6-14(16)2/h4-11H,3,12-13H2,1-2H3,(H,19,20). The van der Waals surface area contributed by atoms with Crippen molar-refractivity contribution in [2.75, 3.05) is 6.61 Å². The van der Waals surface area contributed by atoms with Crippen molar-refractivity contribution in [1.82, 2.24) is 5.32 Å². The highest BCUT2D eigenvalue weighted by molar-refractivity contribution is 5.78. The number of hydrogen-bond donors (Lipinski definition) is 1. The molecule has 0 aromatic heterocycles. The minimum absolute atomic E-state index is 0.0300. The maximum absolute atomic E-state index is 12.0. The summed E-state index contributed by atoms with van der Waals surface area (Å²) < 4.78 is 5.38. The van der Waals surface area contributed by atoms with Crippen molar-refractivity contribution >= 4 is 5.91 Å². The van der Waals surface area contributed by atoms with Crippen molar-refractivity contribution in [3.05, 3.63) is 65.2 Å². The molecule has 1 N–H and O–H groups in total. The largest absolute Gasteiger partial charge is 0.494 e. The minimum atomic E-state index is 0.0300. The van der Waals surface area contributed by atoms with Crippen LogP contribution in [0.25, 0.3) is 0 Å². The van der Waals surface area contributed by atoms with Gasteiger partial charge in [0.25, 0.3) is 0 Å². The summed E-state index contributed by atoms with van der Waals surface area (Å²) in [6.07, 6.45) is 0.387. The molecule has 0 fully saturated rings. The van der Waals surface area contributed by atoms with E-state index in [0.29, 0.717) is 19.6 Å². The van der Waals surface area contributed by atoms with E-state index in [1.54, 1.807) is 0 Å². The van der Waals surface area contributed by atoms with Crippen molar-refractivity contribution in [2.24, 2.45) is 0 Å². The van der Waals surface area contributed by atoms with E-state index in [9.17, 15) is 4.79 Å². The zero-order valence-electron chi connectivity index (χ0n) is 12.6. The topological polar surface area (TPSA) is 38.3 Å². The van der Waals surface area contributed by atoms with E-state index in [1.165, 1.54) is 5.56 Å². The molecule has 0 aliphatic heterocycles. The van der Waals surface area contributed by atoms with E-state index in [-0.39, 0.29) is 5.91 Å². The molecule has 0 bridgehead atoms. The normalized spacial score (nSPS) is 10.2. The Morgan fingerprint density at radius 3 is 2.48 bits per heavy atom. The van der Waals surface area contributed by atoms with Gasteiger partial charge in [-0.1, -0.05) is 36.4 Å². The number of nitrogens with one attached hydrogen (secondary N) is 1. The molecule has 0 aliphatic carbocycles. The average molecular weight is 283 g/mol. The fourth-order valence-corrected chi connectivity index (χ4v) is 2.12. The van der Waals surface area contributed by atoms with Crippen LogP contribution in [0.5, 0.6) is 5.75 Å². The summed E-state index contributed by atoms with van der Waals surface area (Å²) in [5, 5.41) is 2.96. The van der Waals surface area contributed by atoms with Gasteiger partial charge in [-0.05, 0) is 42.7 Å². The van der Waals surface area contributed by atoms with Gasteiger partial charge in [-0.25, -0.2) is 0 Å². The van der Waals surface area contributed by atoms with Crippen LogP contribution in [0, 0.1) is 6.92 Å². The predicted octanol–water partition coefficient (Wildman–Crippen LogP) is 3.25. The highest BCUT2D eigenvalue weighted by Gasteiger charge is 2.04. The van der Waals surface area contributed by atoms with E-state index in [4.69, 9.17) is 4.74 Å². The third-order valence-corrected chi connectivity index (χ3v) is 3.34. The summed E-state index contributed by atoms with van der Waals surface area (Å²) in [6.45, 7) is 5.22. The van der Waals surface area contributed by atoms with Crippen LogP contribution in [-0.4, -0.2) is 12.5 Å². The van der Waals surface area contributed by atoms with Gasteiger partial charge in [0.1, 0.15) is 5.75 Å². The monoisotopic (exact) mass is 283 g/mol. The minimum Gasteiger partial charge on any atom is -0.494 e. The highest BCUT2D eigenvalue weighted by atomic mass is 16.5. The first-order chi connectivity index (χ1) is 10.2. The van der Waals surface area contributed by atoms with Gasteiger partial charge in [0.15, 0.2) is 0 Å². The molecule has 3 heteroatoms. The molecule has 3 nitrogen and oxygen atoms in total. The van der Waals surface area contributed by atoms with E-state index < -0.39 is 0 Å². The van der Waals surface area contributed by atoms with Crippen LogP contribution in [0.3, 0.4) is 0 Å². The SMILES string of the molecule is CCOc1ccc(CC(=O)NCc2ccccc2C)cc1. The van der Waals surface area contributed by atoms with Crippen molar-refractivity contribution in [3.8, 4) is 5.75 Å². The first kappa shape index (κ1) is 15.1. The second-order valence-electron chi connectivity index (χ2n) is 4.96. The first-order valence-electron chi connectivity index (χ1n) is 7.22. The third-order valence-electron chi connectivity index (χ3n) is 3.34. The predicted molar refractivity (Wildman–Crippen MR) is 84.3 cm³/mol. The molecular weight excluding hydrogens is 262 g/mol. The molecule has 0 unspecified atom stereocenters. The van der Waals surface area contributed by atoms with Gasteiger partial charge in [0.05, 0.1) is 13.0 Å². The van der Waals surface area contributed by atoms with Crippen LogP contribution in [0.2, 0.25) is 0 Å². The van der Waals surface area contributed by atoms with Crippen LogP contribution in [-0.2, 0) is 17.8 Å². The second kappa shape index (κ2) is 7.48. The number of benzene rings is 2. The molecule has 0 aliphatic rings. The molecular formula is C18H21NO2. The van der Waals surface area contributed by atoms with Crippen molar-refractivity contribution in [3.63, 3.8) is 0 Å². The summed E-state index contributed by atoms with van der Waals surface area (Å²) in [7, 11) is 0. The summed E-state index contributed by atoms with van der Waals surface area (Å²) in [4.78, 5) is 12.0. The zero-order valence-corrected chi connectivity index (χ0v) is 12.6. The fraction of sp³-hybridized carbons (Fsp3) is 0.278. The van der Waals surface area contributed by atoms with E-state index in [2.05, 4.69) is 5.32 Å². The Balaban J connectivity index is 1.85. The van der Waals surface area contributed by atoms with Crippen LogP contribution in [0.4, 0.5) is 0 Å². The lowest BCUT2D eigenvalue weighted by Crippen LogP contribution is -2.24. The summed E-state index contributed by atoms with van der Waals surface area (Å²) in [6, 6.07) is 15.7. The number of carbonyl (C=O) groups excluding carboxylic acids is 1. The molecule has 110 valence electrons.